The van der Waals surface area contributed by atoms with Crippen LogP contribution < -0.4 is 10.6 Å². The summed E-state index contributed by atoms with van der Waals surface area (Å²) >= 11 is 3.59. The second kappa shape index (κ2) is 6.86. The van der Waals surface area contributed by atoms with Gasteiger partial charge >= 0.3 is 0 Å². The number of halogens is 1. The smallest absolute Gasteiger partial charge is 0.131 e. The second-order valence-corrected chi connectivity index (χ2v) is 5.97. The third-order valence-corrected chi connectivity index (χ3v) is 3.91. The molecule has 2 rings (SSSR count). The lowest BCUT2D eigenvalue weighted by Crippen LogP contribution is -2.23. The van der Waals surface area contributed by atoms with Crippen LogP contribution in [0.4, 0.5) is 5.82 Å². The summed E-state index contributed by atoms with van der Waals surface area (Å²) in [5.74, 6) is 1.00. The van der Waals surface area contributed by atoms with Gasteiger partial charge in [0.25, 0.3) is 0 Å². The molecule has 0 aliphatic heterocycles. The summed E-state index contributed by atoms with van der Waals surface area (Å²) in [4.78, 5) is 6.68. The van der Waals surface area contributed by atoms with Crippen molar-refractivity contribution in [2.75, 3.05) is 11.9 Å². The molecule has 1 heterocycles. The molecule has 0 spiro atoms. The Hall–Kier alpha value is -1.39. The maximum absolute atomic E-state index is 5.92. The van der Waals surface area contributed by atoms with Crippen molar-refractivity contribution in [2.24, 2.45) is 5.73 Å². The number of nitrogens with zero attached hydrogens (tertiary/aromatic N) is 2. The summed E-state index contributed by atoms with van der Waals surface area (Å²) in [5, 5.41) is 0. The Morgan fingerprint density at radius 2 is 1.90 bits per heavy atom. The molecule has 1 unspecified atom stereocenters. The van der Waals surface area contributed by atoms with Crippen LogP contribution in [0, 0.1) is 0 Å². The van der Waals surface area contributed by atoms with Gasteiger partial charge in [-0.3, -0.25) is 0 Å². The molecule has 0 aliphatic rings. The molecule has 0 saturated carbocycles. The van der Waals surface area contributed by atoms with Gasteiger partial charge in [-0.15, -0.1) is 0 Å². The van der Waals surface area contributed by atoms with Crippen LogP contribution in [0.15, 0.2) is 47.1 Å². The third kappa shape index (κ3) is 3.81. The van der Waals surface area contributed by atoms with Gasteiger partial charge < -0.3 is 10.6 Å². The Balaban J connectivity index is 2.21. The summed E-state index contributed by atoms with van der Waals surface area (Å²) in [6.07, 6.45) is 2.67. The van der Waals surface area contributed by atoms with Crippen LogP contribution in [-0.2, 0) is 13.0 Å². The van der Waals surface area contributed by atoms with E-state index in [9.17, 15) is 0 Å². The molecular formula is C16H20BrN3. The molecule has 4 heteroatoms. The van der Waals surface area contributed by atoms with E-state index in [2.05, 4.69) is 57.1 Å². The molecule has 1 aromatic heterocycles. The minimum Gasteiger partial charge on any atom is -0.355 e. The van der Waals surface area contributed by atoms with Gasteiger partial charge in [-0.05, 0) is 36.6 Å². The van der Waals surface area contributed by atoms with E-state index in [-0.39, 0.29) is 6.04 Å². The molecule has 0 saturated heterocycles. The quantitative estimate of drug-likeness (QED) is 0.912. The van der Waals surface area contributed by atoms with Gasteiger partial charge in [-0.1, -0.05) is 40.2 Å². The molecule has 0 amide bonds. The molecule has 3 nitrogen and oxygen atoms in total. The number of nitrogens with two attached hydrogens (primary N) is 1. The Morgan fingerprint density at radius 1 is 1.20 bits per heavy atom. The van der Waals surface area contributed by atoms with Gasteiger partial charge in [-0.2, -0.15) is 0 Å². The molecule has 0 bridgehead atoms. The lowest BCUT2D eigenvalue weighted by atomic mass is 10.1. The molecule has 2 N–H and O–H groups in total. The van der Waals surface area contributed by atoms with Gasteiger partial charge in [0.2, 0.25) is 0 Å². The number of aromatic nitrogens is 1. The minimum absolute atomic E-state index is 0.134. The zero-order valence-electron chi connectivity index (χ0n) is 11.9. The highest BCUT2D eigenvalue weighted by Crippen LogP contribution is 2.22. The van der Waals surface area contributed by atoms with Crippen LogP contribution >= 0.6 is 15.9 Å². The molecule has 2 aromatic rings. The van der Waals surface area contributed by atoms with E-state index >= 15 is 0 Å². The standard InChI is InChI=1S/C16H20BrN3/c1-12(18)10-13-7-5-9-19-16(13)20(2)11-14-6-3-4-8-15(14)17/h3-9,12H,10-11,18H2,1-2H3. The van der Waals surface area contributed by atoms with Crippen LogP contribution in [-0.4, -0.2) is 18.1 Å². The maximum atomic E-state index is 5.92. The van der Waals surface area contributed by atoms with Gasteiger partial charge in [0.1, 0.15) is 5.82 Å². The SMILES string of the molecule is CC(N)Cc1cccnc1N(C)Cc1ccccc1Br. The first-order valence-electron chi connectivity index (χ1n) is 6.72. The Morgan fingerprint density at radius 3 is 2.60 bits per heavy atom. The average Bonchev–Trinajstić information content (AvgIpc) is 2.41. The molecular weight excluding hydrogens is 314 g/mol. The van der Waals surface area contributed by atoms with Gasteiger partial charge in [0.15, 0.2) is 0 Å². The first-order chi connectivity index (χ1) is 9.58. The summed E-state index contributed by atoms with van der Waals surface area (Å²) in [7, 11) is 2.06. The van der Waals surface area contributed by atoms with Crippen molar-refractivity contribution < 1.29 is 0 Å². The highest BCUT2D eigenvalue weighted by molar-refractivity contribution is 9.10. The highest BCUT2D eigenvalue weighted by Gasteiger charge is 2.11. The minimum atomic E-state index is 0.134. The van der Waals surface area contributed by atoms with Crippen LogP contribution in [0.1, 0.15) is 18.1 Å². The van der Waals surface area contributed by atoms with Crippen molar-refractivity contribution in [3.8, 4) is 0 Å². The van der Waals surface area contributed by atoms with Crippen LogP contribution in [0.3, 0.4) is 0 Å². The first-order valence-corrected chi connectivity index (χ1v) is 7.51. The number of benzene rings is 1. The first kappa shape index (κ1) is 15.0. The normalized spacial score (nSPS) is 12.2. The second-order valence-electron chi connectivity index (χ2n) is 5.12. The largest absolute Gasteiger partial charge is 0.355 e. The highest BCUT2D eigenvalue weighted by atomic mass is 79.9. The van der Waals surface area contributed by atoms with Crippen molar-refractivity contribution in [3.63, 3.8) is 0 Å². The fourth-order valence-corrected chi connectivity index (χ4v) is 2.65. The van der Waals surface area contributed by atoms with Crippen LogP contribution in [0.25, 0.3) is 0 Å². The number of hydrogen-bond donors (Lipinski definition) is 1. The Kier molecular flexibility index (Phi) is 5.15. The Bertz CT molecular complexity index is 569. The van der Waals surface area contributed by atoms with Crippen molar-refractivity contribution in [1.82, 2.24) is 4.98 Å². The maximum Gasteiger partial charge on any atom is 0.131 e. The van der Waals surface area contributed by atoms with Crippen molar-refractivity contribution in [2.45, 2.75) is 25.9 Å². The van der Waals surface area contributed by atoms with E-state index in [0.717, 1.165) is 23.3 Å². The van der Waals surface area contributed by atoms with E-state index < -0.39 is 0 Å². The number of rotatable bonds is 5. The predicted octanol–water partition coefficient (Wildman–Crippen LogP) is 3.37. The average molecular weight is 334 g/mol. The molecule has 0 aliphatic carbocycles. The van der Waals surface area contributed by atoms with E-state index in [1.165, 1.54) is 11.1 Å². The molecule has 0 fully saturated rings. The molecule has 106 valence electrons. The number of pyridine rings is 1. The topological polar surface area (TPSA) is 42.1 Å². The molecule has 0 radical (unpaired) electrons. The molecule has 1 aromatic carbocycles. The van der Waals surface area contributed by atoms with Crippen molar-refractivity contribution in [1.29, 1.82) is 0 Å². The fraction of sp³-hybridized carbons (Fsp3) is 0.312. The van der Waals surface area contributed by atoms with E-state index in [1.54, 1.807) is 0 Å². The van der Waals surface area contributed by atoms with Crippen LogP contribution in [0.5, 0.6) is 0 Å². The zero-order valence-corrected chi connectivity index (χ0v) is 13.5. The predicted molar refractivity (Wildman–Crippen MR) is 87.8 cm³/mol. The number of hydrogen-bond acceptors (Lipinski definition) is 3. The zero-order chi connectivity index (χ0) is 14.5. The van der Waals surface area contributed by atoms with Crippen LogP contribution in [0.2, 0.25) is 0 Å². The number of anilines is 1. The molecule has 1 atom stereocenters. The third-order valence-electron chi connectivity index (χ3n) is 3.14. The van der Waals surface area contributed by atoms with E-state index in [1.807, 2.05) is 25.3 Å². The summed E-state index contributed by atoms with van der Waals surface area (Å²) < 4.78 is 1.12. The van der Waals surface area contributed by atoms with Gasteiger partial charge in [0.05, 0.1) is 0 Å². The van der Waals surface area contributed by atoms with Crippen molar-refractivity contribution in [3.05, 3.63) is 58.2 Å². The van der Waals surface area contributed by atoms with E-state index in [0.29, 0.717) is 0 Å². The lowest BCUT2D eigenvalue weighted by Gasteiger charge is -2.22. The Labute approximate surface area is 129 Å². The molecule has 20 heavy (non-hydrogen) atoms. The van der Waals surface area contributed by atoms with Crippen molar-refractivity contribution >= 4 is 21.7 Å². The summed E-state index contributed by atoms with van der Waals surface area (Å²) in [6, 6.07) is 12.5. The summed E-state index contributed by atoms with van der Waals surface area (Å²) in [6.45, 7) is 2.83. The lowest BCUT2D eigenvalue weighted by molar-refractivity contribution is 0.730. The van der Waals surface area contributed by atoms with Gasteiger partial charge in [0, 0.05) is 30.3 Å². The van der Waals surface area contributed by atoms with E-state index in [4.69, 9.17) is 5.73 Å². The summed E-state index contributed by atoms with van der Waals surface area (Å²) in [5.41, 5.74) is 8.35. The fourth-order valence-electron chi connectivity index (χ4n) is 2.24. The monoisotopic (exact) mass is 333 g/mol. The van der Waals surface area contributed by atoms with Gasteiger partial charge in [-0.25, -0.2) is 4.98 Å².